The van der Waals surface area contributed by atoms with Crippen LogP contribution in [0.15, 0.2) is 30.3 Å². The first kappa shape index (κ1) is 12.4. The first-order chi connectivity index (χ1) is 7.59. The number of carbonyl (C=O) groups is 1. The summed E-state index contributed by atoms with van der Waals surface area (Å²) < 4.78 is 12.6. The summed E-state index contributed by atoms with van der Waals surface area (Å²) in [5, 5.41) is 11.4. The number of carboxylic acids is 1. The summed E-state index contributed by atoms with van der Waals surface area (Å²) in [6.07, 6.45) is 3.60. The maximum atomic E-state index is 12.6. The minimum absolute atomic E-state index is 0.269. The van der Waals surface area contributed by atoms with Crippen molar-refractivity contribution in [2.24, 2.45) is 0 Å². The lowest BCUT2D eigenvalue weighted by Gasteiger charge is -2.05. The number of aliphatic carboxylic acids is 1. The van der Waals surface area contributed by atoms with E-state index in [9.17, 15) is 9.18 Å². The lowest BCUT2D eigenvalue weighted by atomic mass is 10.2. The van der Waals surface area contributed by atoms with Gasteiger partial charge < -0.3 is 10.4 Å². The molecule has 0 spiro atoms. The molecule has 86 valence electrons. The van der Waals surface area contributed by atoms with E-state index in [4.69, 9.17) is 5.11 Å². The molecule has 0 saturated carbocycles. The molecule has 1 atom stereocenters. The number of benzene rings is 1. The lowest BCUT2D eigenvalue weighted by Crippen LogP contribution is -2.33. The Balaban J connectivity index is 2.37. The van der Waals surface area contributed by atoms with E-state index < -0.39 is 12.0 Å². The van der Waals surface area contributed by atoms with E-state index in [1.807, 2.05) is 0 Å². The molecule has 0 bridgehead atoms. The number of carboxylic acid groups (broad SMARTS) is 1. The molecule has 0 aliphatic heterocycles. The van der Waals surface area contributed by atoms with Crippen LogP contribution >= 0.6 is 0 Å². The first-order valence-electron chi connectivity index (χ1n) is 4.98. The van der Waals surface area contributed by atoms with Gasteiger partial charge in [-0.25, -0.2) is 4.39 Å². The molecule has 3 nitrogen and oxygen atoms in total. The Morgan fingerprint density at radius 3 is 2.69 bits per heavy atom. The van der Waals surface area contributed by atoms with E-state index in [1.54, 1.807) is 31.2 Å². The van der Waals surface area contributed by atoms with Crippen molar-refractivity contribution in [3.05, 3.63) is 41.7 Å². The van der Waals surface area contributed by atoms with Gasteiger partial charge in [-0.2, -0.15) is 0 Å². The van der Waals surface area contributed by atoms with Crippen molar-refractivity contribution in [3.63, 3.8) is 0 Å². The molecule has 0 fully saturated rings. The van der Waals surface area contributed by atoms with E-state index in [1.165, 1.54) is 12.1 Å². The van der Waals surface area contributed by atoms with E-state index >= 15 is 0 Å². The van der Waals surface area contributed by atoms with Gasteiger partial charge in [-0.1, -0.05) is 24.3 Å². The van der Waals surface area contributed by atoms with Crippen molar-refractivity contribution < 1.29 is 14.3 Å². The second-order valence-electron chi connectivity index (χ2n) is 3.42. The summed E-state index contributed by atoms with van der Waals surface area (Å²) >= 11 is 0. The van der Waals surface area contributed by atoms with Crippen LogP contribution in [-0.4, -0.2) is 23.7 Å². The maximum absolute atomic E-state index is 12.6. The van der Waals surface area contributed by atoms with Crippen molar-refractivity contribution in [2.75, 3.05) is 6.54 Å². The normalized spacial score (nSPS) is 12.9. The molecule has 1 aromatic carbocycles. The van der Waals surface area contributed by atoms with Crippen LogP contribution in [0.2, 0.25) is 0 Å². The zero-order chi connectivity index (χ0) is 12.0. The minimum atomic E-state index is -0.879. The smallest absolute Gasteiger partial charge is 0.320 e. The summed E-state index contributed by atoms with van der Waals surface area (Å²) in [7, 11) is 0. The highest BCUT2D eigenvalue weighted by Gasteiger charge is 2.06. The van der Waals surface area contributed by atoms with Crippen molar-refractivity contribution in [3.8, 4) is 0 Å². The molecule has 1 unspecified atom stereocenters. The molecule has 0 aromatic heterocycles. The highest BCUT2D eigenvalue weighted by Crippen LogP contribution is 2.04. The SMILES string of the molecule is CC(NC/C=C/c1ccc(F)cc1)C(=O)O. The van der Waals surface area contributed by atoms with E-state index in [0.717, 1.165) is 5.56 Å². The Bertz CT molecular complexity index is 373. The van der Waals surface area contributed by atoms with Gasteiger partial charge in [0.2, 0.25) is 0 Å². The molecule has 0 aliphatic carbocycles. The van der Waals surface area contributed by atoms with Crippen molar-refractivity contribution >= 4 is 12.0 Å². The van der Waals surface area contributed by atoms with Crippen LogP contribution in [0.5, 0.6) is 0 Å². The molecule has 0 saturated heterocycles. The molecular weight excluding hydrogens is 209 g/mol. The predicted molar refractivity (Wildman–Crippen MR) is 60.5 cm³/mol. The van der Waals surface area contributed by atoms with Gasteiger partial charge in [-0.3, -0.25) is 4.79 Å². The number of hydrogen-bond donors (Lipinski definition) is 2. The Morgan fingerprint density at radius 2 is 2.12 bits per heavy atom. The van der Waals surface area contributed by atoms with Crippen molar-refractivity contribution in [1.82, 2.24) is 5.32 Å². The van der Waals surface area contributed by atoms with Gasteiger partial charge in [-0.15, -0.1) is 0 Å². The van der Waals surface area contributed by atoms with Gasteiger partial charge in [0, 0.05) is 6.54 Å². The average Bonchev–Trinajstić information content (AvgIpc) is 2.26. The van der Waals surface area contributed by atoms with Crippen LogP contribution in [0, 0.1) is 5.82 Å². The Hall–Kier alpha value is -1.68. The standard InChI is InChI=1S/C12H14FNO2/c1-9(12(15)16)14-8-2-3-10-4-6-11(13)7-5-10/h2-7,9,14H,8H2,1H3,(H,15,16)/b3-2+. The van der Waals surface area contributed by atoms with Gasteiger partial charge in [0.15, 0.2) is 0 Å². The average molecular weight is 223 g/mol. The Labute approximate surface area is 93.6 Å². The molecule has 0 radical (unpaired) electrons. The third-order valence-corrected chi connectivity index (χ3v) is 2.09. The van der Waals surface area contributed by atoms with Gasteiger partial charge in [0.1, 0.15) is 11.9 Å². The van der Waals surface area contributed by atoms with E-state index in [-0.39, 0.29) is 5.82 Å². The fraction of sp³-hybridized carbons (Fsp3) is 0.250. The molecule has 16 heavy (non-hydrogen) atoms. The molecule has 2 N–H and O–H groups in total. The molecule has 0 aliphatic rings. The molecule has 1 rings (SSSR count). The van der Waals surface area contributed by atoms with Gasteiger partial charge in [0.25, 0.3) is 0 Å². The van der Waals surface area contributed by atoms with Crippen LogP contribution < -0.4 is 5.32 Å². The minimum Gasteiger partial charge on any atom is -0.480 e. The van der Waals surface area contributed by atoms with Crippen molar-refractivity contribution in [1.29, 1.82) is 0 Å². The first-order valence-corrected chi connectivity index (χ1v) is 4.98. The Morgan fingerprint density at radius 1 is 1.50 bits per heavy atom. The lowest BCUT2D eigenvalue weighted by molar-refractivity contribution is -0.138. The quantitative estimate of drug-likeness (QED) is 0.801. The largest absolute Gasteiger partial charge is 0.480 e. The number of hydrogen-bond acceptors (Lipinski definition) is 2. The van der Waals surface area contributed by atoms with Gasteiger partial charge >= 0.3 is 5.97 Å². The summed E-state index contributed by atoms with van der Waals surface area (Å²) in [4.78, 5) is 10.5. The van der Waals surface area contributed by atoms with Crippen LogP contribution in [0.25, 0.3) is 6.08 Å². The van der Waals surface area contributed by atoms with E-state index in [2.05, 4.69) is 5.32 Å². The third-order valence-electron chi connectivity index (χ3n) is 2.09. The molecule has 4 heteroatoms. The Kier molecular flexibility index (Phi) is 4.66. The zero-order valence-electron chi connectivity index (χ0n) is 8.98. The van der Waals surface area contributed by atoms with Crippen LogP contribution in [0.4, 0.5) is 4.39 Å². The molecular formula is C12H14FNO2. The van der Waals surface area contributed by atoms with Gasteiger partial charge in [0.05, 0.1) is 0 Å². The topological polar surface area (TPSA) is 49.3 Å². The summed E-state index contributed by atoms with van der Waals surface area (Å²) in [6, 6.07) is 5.51. The number of nitrogens with one attached hydrogen (secondary N) is 1. The third kappa shape index (κ3) is 4.23. The molecule has 0 amide bonds. The summed E-state index contributed by atoms with van der Waals surface area (Å²) in [5.41, 5.74) is 0.881. The van der Waals surface area contributed by atoms with Gasteiger partial charge in [-0.05, 0) is 24.6 Å². The fourth-order valence-electron chi connectivity index (χ4n) is 1.10. The number of halogens is 1. The van der Waals surface area contributed by atoms with E-state index in [0.29, 0.717) is 6.54 Å². The number of rotatable bonds is 5. The van der Waals surface area contributed by atoms with Crippen LogP contribution in [-0.2, 0) is 4.79 Å². The maximum Gasteiger partial charge on any atom is 0.320 e. The second kappa shape index (κ2) is 6.02. The molecule has 1 aromatic rings. The van der Waals surface area contributed by atoms with Crippen LogP contribution in [0.1, 0.15) is 12.5 Å². The summed E-state index contributed by atoms with van der Waals surface area (Å²) in [6.45, 7) is 2.04. The second-order valence-corrected chi connectivity index (χ2v) is 3.42. The monoisotopic (exact) mass is 223 g/mol. The summed E-state index contributed by atoms with van der Waals surface area (Å²) in [5.74, 6) is -1.15. The highest BCUT2D eigenvalue weighted by molar-refractivity contribution is 5.72. The van der Waals surface area contributed by atoms with Crippen LogP contribution in [0.3, 0.4) is 0 Å². The fourth-order valence-corrected chi connectivity index (χ4v) is 1.10. The highest BCUT2D eigenvalue weighted by atomic mass is 19.1. The van der Waals surface area contributed by atoms with Crippen molar-refractivity contribution in [2.45, 2.75) is 13.0 Å². The zero-order valence-corrected chi connectivity index (χ0v) is 8.98. The molecule has 0 heterocycles. The predicted octanol–water partition coefficient (Wildman–Crippen LogP) is 1.90.